The highest BCUT2D eigenvalue weighted by molar-refractivity contribution is 5.75. The molecular weight excluding hydrogens is 230 g/mol. The molecule has 4 nitrogen and oxygen atoms in total. The van der Waals surface area contributed by atoms with Gasteiger partial charge in [-0.05, 0) is 43.0 Å². The monoisotopic (exact) mass is 251 g/mol. The molecular formula is C14H21NO3. The maximum atomic E-state index is 10.5. The average Bonchev–Trinajstić information content (AvgIpc) is 2.49. The zero-order valence-electron chi connectivity index (χ0n) is 10.7. The fourth-order valence-electron chi connectivity index (χ4n) is 2.14. The van der Waals surface area contributed by atoms with Crippen molar-refractivity contribution in [1.29, 1.82) is 0 Å². The molecule has 1 fully saturated rings. The Hall–Kier alpha value is -1.39. The van der Waals surface area contributed by atoms with E-state index in [4.69, 9.17) is 10.2 Å². The maximum Gasteiger partial charge on any atom is 0.150 e. The highest BCUT2D eigenvalue weighted by Gasteiger charge is 2.18. The normalized spacial score (nSPS) is 15.8. The van der Waals surface area contributed by atoms with Gasteiger partial charge in [-0.2, -0.15) is 0 Å². The minimum absolute atomic E-state index is 0.303. The smallest absolute Gasteiger partial charge is 0.150 e. The fourth-order valence-corrected chi connectivity index (χ4v) is 2.14. The number of carbonyl (C=O) groups is 1. The Morgan fingerprint density at radius 1 is 1.22 bits per heavy atom. The molecule has 2 N–H and O–H groups in total. The summed E-state index contributed by atoms with van der Waals surface area (Å²) < 4.78 is 0. The van der Waals surface area contributed by atoms with E-state index < -0.39 is 0 Å². The largest absolute Gasteiger partial charge is 0.400 e. The van der Waals surface area contributed by atoms with Crippen LogP contribution in [0.4, 0.5) is 5.69 Å². The first-order chi connectivity index (χ1) is 8.83. The van der Waals surface area contributed by atoms with Crippen LogP contribution in [-0.4, -0.2) is 43.3 Å². The van der Waals surface area contributed by atoms with E-state index in [1.165, 1.54) is 5.69 Å². The molecule has 0 bridgehead atoms. The predicted molar refractivity (Wildman–Crippen MR) is 72.0 cm³/mol. The standard InChI is InChI=1S/C13H17NO2.CH4O/c15-9-11-1-3-13(4-2-11)14-7-5-12(10-16)6-8-14;1-2/h1-4,9,12,16H,5-8,10H2;2H,1H3. The summed E-state index contributed by atoms with van der Waals surface area (Å²) in [6, 6.07) is 7.67. The predicted octanol–water partition coefficient (Wildman–Crippen LogP) is 1.32. The van der Waals surface area contributed by atoms with Gasteiger partial charge in [0.1, 0.15) is 6.29 Å². The molecule has 0 amide bonds. The van der Waals surface area contributed by atoms with Gasteiger partial charge in [-0.15, -0.1) is 0 Å². The molecule has 4 heteroatoms. The SMILES string of the molecule is CO.O=Cc1ccc(N2CCC(CO)CC2)cc1. The second-order valence-electron chi connectivity index (χ2n) is 4.32. The Balaban J connectivity index is 0.000000771. The third-order valence-corrected chi connectivity index (χ3v) is 3.27. The fraction of sp³-hybridized carbons (Fsp3) is 0.500. The highest BCUT2D eigenvalue weighted by atomic mass is 16.3. The zero-order valence-corrected chi connectivity index (χ0v) is 10.7. The summed E-state index contributed by atoms with van der Waals surface area (Å²) in [6.07, 6.45) is 2.96. The Labute approximate surface area is 108 Å². The Kier molecular flexibility index (Phi) is 6.39. The van der Waals surface area contributed by atoms with Crippen LogP contribution < -0.4 is 4.90 Å². The van der Waals surface area contributed by atoms with E-state index >= 15 is 0 Å². The third-order valence-electron chi connectivity index (χ3n) is 3.27. The van der Waals surface area contributed by atoms with E-state index in [-0.39, 0.29) is 0 Å². The van der Waals surface area contributed by atoms with Crippen LogP contribution in [0.1, 0.15) is 23.2 Å². The first-order valence-corrected chi connectivity index (χ1v) is 6.19. The second-order valence-corrected chi connectivity index (χ2v) is 4.32. The molecule has 1 aliphatic rings. The summed E-state index contributed by atoms with van der Waals surface area (Å²) in [5.41, 5.74) is 1.89. The van der Waals surface area contributed by atoms with Crippen LogP contribution >= 0.6 is 0 Å². The van der Waals surface area contributed by atoms with Crippen molar-refractivity contribution in [2.24, 2.45) is 5.92 Å². The number of benzene rings is 1. The summed E-state index contributed by atoms with van der Waals surface area (Å²) in [5.74, 6) is 0.463. The molecule has 0 spiro atoms. The molecule has 0 saturated carbocycles. The molecule has 1 aliphatic heterocycles. The molecule has 1 aromatic rings. The van der Waals surface area contributed by atoms with Crippen molar-refractivity contribution >= 4 is 12.0 Å². The summed E-state index contributed by atoms with van der Waals surface area (Å²) >= 11 is 0. The molecule has 0 atom stereocenters. The number of hydrogen-bond acceptors (Lipinski definition) is 4. The number of carbonyl (C=O) groups excluding carboxylic acids is 1. The van der Waals surface area contributed by atoms with E-state index in [0.717, 1.165) is 39.3 Å². The van der Waals surface area contributed by atoms with Gasteiger partial charge in [0.2, 0.25) is 0 Å². The third kappa shape index (κ3) is 3.82. The van der Waals surface area contributed by atoms with E-state index in [9.17, 15) is 4.79 Å². The molecule has 0 radical (unpaired) electrons. The first kappa shape index (κ1) is 14.7. The Morgan fingerprint density at radius 3 is 2.22 bits per heavy atom. The van der Waals surface area contributed by atoms with Crippen molar-refractivity contribution in [3.8, 4) is 0 Å². The van der Waals surface area contributed by atoms with Gasteiger partial charge in [-0.1, -0.05) is 0 Å². The zero-order chi connectivity index (χ0) is 13.4. The van der Waals surface area contributed by atoms with Crippen LogP contribution in [0.15, 0.2) is 24.3 Å². The van der Waals surface area contributed by atoms with Crippen LogP contribution in [0, 0.1) is 5.92 Å². The topological polar surface area (TPSA) is 60.8 Å². The lowest BCUT2D eigenvalue weighted by atomic mass is 9.97. The lowest BCUT2D eigenvalue weighted by Crippen LogP contribution is -2.34. The van der Waals surface area contributed by atoms with Crippen molar-refractivity contribution in [3.05, 3.63) is 29.8 Å². The molecule has 1 heterocycles. The number of aliphatic hydroxyl groups is 2. The van der Waals surface area contributed by atoms with Crippen LogP contribution in [0.3, 0.4) is 0 Å². The molecule has 1 saturated heterocycles. The number of aldehydes is 1. The highest BCUT2D eigenvalue weighted by Crippen LogP contribution is 2.22. The van der Waals surface area contributed by atoms with Gasteiger partial charge in [0.15, 0.2) is 0 Å². The minimum atomic E-state index is 0.303. The molecule has 0 aliphatic carbocycles. The number of nitrogens with zero attached hydrogens (tertiary/aromatic N) is 1. The van der Waals surface area contributed by atoms with Gasteiger partial charge >= 0.3 is 0 Å². The number of piperidine rings is 1. The Morgan fingerprint density at radius 2 is 1.78 bits per heavy atom. The molecule has 0 aromatic heterocycles. The van der Waals surface area contributed by atoms with E-state index in [2.05, 4.69) is 4.90 Å². The molecule has 18 heavy (non-hydrogen) atoms. The molecule has 100 valence electrons. The van der Waals surface area contributed by atoms with Crippen LogP contribution in [-0.2, 0) is 0 Å². The quantitative estimate of drug-likeness (QED) is 0.795. The Bertz CT molecular complexity index is 343. The summed E-state index contributed by atoms with van der Waals surface area (Å²) in [4.78, 5) is 12.8. The number of rotatable bonds is 3. The molecule has 2 rings (SSSR count). The van der Waals surface area contributed by atoms with Crippen molar-refractivity contribution in [1.82, 2.24) is 0 Å². The van der Waals surface area contributed by atoms with Gasteiger partial charge in [-0.3, -0.25) is 4.79 Å². The van der Waals surface area contributed by atoms with Crippen LogP contribution in [0.5, 0.6) is 0 Å². The van der Waals surface area contributed by atoms with Crippen molar-refractivity contribution in [2.75, 3.05) is 31.7 Å². The van der Waals surface area contributed by atoms with Crippen molar-refractivity contribution in [2.45, 2.75) is 12.8 Å². The van der Waals surface area contributed by atoms with Crippen LogP contribution in [0.2, 0.25) is 0 Å². The van der Waals surface area contributed by atoms with Gasteiger partial charge in [0.05, 0.1) is 0 Å². The van der Waals surface area contributed by atoms with E-state index in [0.29, 0.717) is 18.1 Å². The average molecular weight is 251 g/mol. The van der Waals surface area contributed by atoms with E-state index in [1.54, 1.807) is 0 Å². The minimum Gasteiger partial charge on any atom is -0.400 e. The number of anilines is 1. The summed E-state index contributed by atoms with van der Waals surface area (Å²) in [6.45, 7) is 2.29. The lowest BCUT2D eigenvalue weighted by Gasteiger charge is -2.32. The second kappa shape index (κ2) is 7.84. The maximum absolute atomic E-state index is 10.5. The van der Waals surface area contributed by atoms with Crippen molar-refractivity contribution in [3.63, 3.8) is 0 Å². The summed E-state index contributed by atoms with van der Waals surface area (Å²) in [5, 5.41) is 16.1. The summed E-state index contributed by atoms with van der Waals surface area (Å²) in [7, 11) is 1.00. The lowest BCUT2D eigenvalue weighted by molar-refractivity contribution is 0.112. The van der Waals surface area contributed by atoms with E-state index in [1.807, 2.05) is 24.3 Å². The molecule has 1 aromatic carbocycles. The van der Waals surface area contributed by atoms with Crippen LogP contribution in [0.25, 0.3) is 0 Å². The number of hydrogen-bond donors (Lipinski definition) is 2. The van der Waals surface area contributed by atoms with Crippen molar-refractivity contribution < 1.29 is 15.0 Å². The van der Waals surface area contributed by atoms with Gasteiger partial charge in [0.25, 0.3) is 0 Å². The van der Waals surface area contributed by atoms with Gasteiger partial charge in [-0.25, -0.2) is 0 Å². The van der Waals surface area contributed by atoms with Gasteiger partial charge < -0.3 is 15.1 Å². The molecule has 0 unspecified atom stereocenters. The number of aliphatic hydroxyl groups excluding tert-OH is 2. The van der Waals surface area contributed by atoms with Gasteiger partial charge in [0, 0.05) is 38.1 Å². The first-order valence-electron chi connectivity index (χ1n) is 6.19.